The Labute approximate surface area is 82.9 Å². The van der Waals surface area contributed by atoms with Gasteiger partial charge in [-0.05, 0) is 0 Å². The lowest BCUT2D eigenvalue weighted by Gasteiger charge is -1.99. The maximum Gasteiger partial charge on any atom is 0.0964 e. The lowest BCUT2D eigenvalue weighted by Crippen LogP contribution is -2.18. The molecule has 80 valence electrons. The molecule has 0 fully saturated rings. The molecule has 0 saturated carbocycles. The minimum atomic E-state index is 0.0832. The van der Waals surface area contributed by atoms with E-state index < -0.39 is 0 Å². The number of nitrogens with zero attached hydrogens (tertiary/aromatic N) is 3. The van der Waals surface area contributed by atoms with Crippen molar-refractivity contribution in [2.24, 2.45) is 0 Å². The molecule has 0 radical (unpaired) electrons. The highest BCUT2D eigenvalue weighted by molar-refractivity contribution is 4.91. The van der Waals surface area contributed by atoms with Crippen molar-refractivity contribution < 1.29 is 9.84 Å². The summed E-state index contributed by atoms with van der Waals surface area (Å²) in [6, 6.07) is 0. The van der Waals surface area contributed by atoms with Gasteiger partial charge in [0, 0.05) is 26.4 Å². The predicted octanol–water partition coefficient (Wildman–Crippen LogP) is -0.994. The summed E-state index contributed by atoms with van der Waals surface area (Å²) in [6.07, 6.45) is 1.82. The minimum Gasteiger partial charge on any atom is -0.394 e. The third-order valence-corrected chi connectivity index (χ3v) is 1.70. The second-order valence-electron chi connectivity index (χ2n) is 2.87. The molecule has 14 heavy (non-hydrogen) atoms. The van der Waals surface area contributed by atoms with Crippen LogP contribution in [0, 0.1) is 0 Å². The largest absolute Gasteiger partial charge is 0.394 e. The van der Waals surface area contributed by atoms with E-state index in [1.165, 1.54) is 0 Å². The van der Waals surface area contributed by atoms with E-state index in [9.17, 15) is 0 Å². The Kier molecular flexibility index (Phi) is 5.13. The number of rotatable bonds is 7. The van der Waals surface area contributed by atoms with E-state index in [0.29, 0.717) is 19.7 Å². The van der Waals surface area contributed by atoms with Gasteiger partial charge in [0.25, 0.3) is 0 Å². The first kappa shape index (κ1) is 11.1. The molecule has 0 saturated heterocycles. The van der Waals surface area contributed by atoms with Crippen LogP contribution < -0.4 is 5.32 Å². The van der Waals surface area contributed by atoms with E-state index in [1.807, 2.05) is 6.20 Å². The second-order valence-corrected chi connectivity index (χ2v) is 2.87. The molecule has 0 aliphatic carbocycles. The maximum atomic E-state index is 8.65. The van der Waals surface area contributed by atoms with Gasteiger partial charge < -0.3 is 15.2 Å². The van der Waals surface area contributed by atoms with Crippen LogP contribution in [0.25, 0.3) is 0 Å². The van der Waals surface area contributed by atoms with Crippen LogP contribution in [0.3, 0.4) is 0 Å². The SMILES string of the molecule is COCCNCc1cn(CCO)nn1. The van der Waals surface area contributed by atoms with E-state index >= 15 is 0 Å². The van der Waals surface area contributed by atoms with E-state index in [1.54, 1.807) is 11.8 Å². The molecule has 6 heteroatoms. The smallest absolute Gasteiger partial charge is 0.0964 e. The van der Waals surface area contributed by atoms with Crippen LogP contribution in [0.1, 0.15) is 5.69 Å². The highest BCUT2D eigenvalue weighted by Gasteiger charge is 1.98. The highest BCUT2D eigenvalue weighted by atomic mass is 16.5. The van der Waals surface area contributed by atoms with Gasteiger partial charge in [0.05, 0.1) is 25.5 Å². The molecule has 1 aromatic rings. The molecule has 1 rings (SSSR count). The van der Waals surface area contributed by atoms with Gasteiger partial charge in [-0.2, -0.15) is 0 Å². The summed E-state index contributed by atoms with van der Waals surface area (Å²) < 4.78 is 6.51. The number of methoxy groups -OCH3 is 1. The van der Waals surface area contributed by atoms with Crippen molar-refractivity contribution >= 4 is 0 Å². The number of aliphatic hydroxyl groups excluding tert-OH is 1. The zero-order valence-electron chi connectivity index (χ0n) is 8.31. The summed E-state index contributed by atoms with van der Waals surface area (Å²) in [5.74, 6) is 0. The molecular formula is C8H16N4O2. The van der Waals surface area contributed by atoms with Crippen molar-refractivity contribution in [1.82, 2.24) is 20.3 Å². The molecule has 0 bridgehead atoms. The number of ether oxygens (including phenoxy) is 1. The molecule has 1 aromatic heterocycles. The molecule has 0 spiro atoms. The molecule has 0 aromatic carbocycles. The van der Waals surface area contributed by atoms with Crippen molar-refractivity contribution in [1.29, 1.82) is 0 Å². The Morgan fingerprint density at radius 1 is 1.64 bits per heavy atom. The molecule has 0 atom stereocenters. The first-order chi connectivity index (χ1) is 6.86. The van der Waals surface area contributed by atoms with Crippen LogP contribution >= 0.6 is 0 Å². The maximum absolute atomic E-state index is 8.65. The number of aromatic nitrogens is 3. The topological polar surface area (TPSA) is 72.2 Å². The molecule has 6 nitrogen and oxygen atoms in total. The van der Waals surface area contributed by atoms with Gasteiger partial charge in [-0.25, -0.2) is 4.68 Å². The summed E-state index contributed by atoms with van der Waals surface area (Å²) >= 11 is 0. The third-order valence-electron chi connectivity index (χ3n) is 1.70. The van der Waals surface area contributed by atoms with Crippen molar-refractivity contribution in [3.8, 4) is 0 Å². The Balaban J connectivity index is 2.22. The van der Waals surface area contributed by atoms with E-state index in [4.69, 9.17) is 9.84 Å². The van der Waals surface area contributed by atoms with Gasteiger partial charge in [-0.3, -0.25) is 0 Å². The Morgan fingerprint density at radius 3 is 3.21 bits per heavy atom. The van der Waals surface area contributed by atoms with E-state index in [2.05, 4.69) is 15.6 Å². The van der Waals surface area contributed by atoms with Crippen molar-refractivity contribution in [3.05, 3.63) is 11.9 Å². The van der Waals surface area contributed by atoms with Gasteiger partial charge in [-0.1, -0.05) is 5.21 Å². The molecule has 0 unspecified atom stereocenters. The Hall–Kier alpha value is -0.980. The Morgan fingerprint density at radius 2 is 2.50 bits per heavy atom. The molecule has 0 amide bonds. The van der Waals surface area contributed by atoms with Gasteiger partial charge in [0.2, 0.25) is 0 Å². The van der Waals surface area contributed by atoms with Crippen LogP contribution in [0.5, 0.6) is 0 Å². The standard InChI is InChI=1S/C8H16N4O2/c1-14-5-2-9-6-8-7-12(3-4-13)11-10-8/h7,9,13H,2-6H2,1H3. The monoisotopic (exact) mass is 200 g/mol. The van der Waals surface area contributed by atoms with E-state index in [0.717, 1.165) is 12.2 Å². The van der Waals surface area contributed by atoms with Crippen LogP contribution in [0.4, 0.5) is 0 Å². The van der Waals surface area contributed by atoms with Crippen molar-refractivity contribution in [2.75, 3.05) is 26.9 Å². The normalized spacial score (nSPS) is 10.7. The van der Waals surface area contributed by atoms with Gasteiger partial charge in [0.1, 0.15) is 0 Å². The van der Waals surface area contributed by atoms with Crippen LogP contribution in [-0.2, 0) is 17.8 Å². The molecule has 0 aliphatic heterocycles. The van der Waals surface area contributed by atoms with Crippen LogP contribution in [0.2, 0.25) is 0 Å². The summed E-state index contributed by atoms with van der Waals surface area (Å²) in [5.41, 5.74) is 0.870. The van der Waals surface area contributed by atoms with Crippen molar-refractivity contribution in [2.45, 2.75) is 13.1 Å². The zero-order chi connectivity index (χ0) is 10.2. The molecule has 2 N–H and O–H groups in total. The third kappa shape index (κ3) is 3.82. The van der Waals surface area contributed by atoms with Crippen molar-refractivity contribution in [3.63, 3.8) is 0 Å². The summed E-state index contributed by atoms with van der Waals surface area (Å²) in [6.45, 7) is 2.73. The van der Waals surface area contributed by atoms with Crippen LogP contribution in [0.15, 0.2) is 6.20 Å². The number of hydrogen-bond donors (Lipinski definition) is 2. The Bertz CT molecular complexity index is 251. The van der Waals surface area contributed by atoms with Crippen LogP contribution in [-0.4, -0.2) is 47.0 Å². The average molecular weight is 200 g/mol. The quantitative estimate of drug-likeness (QED) is 0.553. The number of aliphatic hydroxyl groups is 1. The summed E-state index contributed by atoms with van der Waals surface area (Å²) in [5, 5.41) is 19.6. The number of hydrogen-bond acceptors (Lipinski definition) is 5. The first-order valence-electron chi connectivity index (χ1n) is 4.56. The van der Waals surface area contributed by atoms with E-state index in [-0.39, 0.29) is 6.61 Å². The predicted molar refractivity (Wildman–Crippen MR) is 50.7 cm³/mol. The lowest BCUT2D eigenvalue weighted by molar-refractivity contribution is 0.199. The lowest BCUT2D eigenvalue weighted by atomic mass is 10.4. The zero-order valence-corrected chi connectivity index (χ0v) is 8.31. The molecule has 0 aliphatic rings. The fourth-order valence-electron chi connectivity index (χ4n) is 1.02. The van der Waals surface area contributed by atoms with Gasteiger partial charge in [0.15, 0.2) is 0 Å². The highest BCUT2D eigenvalue weighted by Crippen LogP contribution is 1.91. The minimum absolute atomic E-state index is 0.0832. The van der Waals surface area contributed by atoms with Gasteiger partial charge in [-0.15, -0.1) is 5.10 Å². The fourth-order valence-corrected chi connectivity index (χ4v) is 1.02. The van der Waals surface area contributed by atoms with Gasteiger partial charge >= 0.3 is 0 Å². The fraction of sp³-hybridized carbons (Fsp3) is 0.750. The first-order valence-corrected chi connectivity index (χ1v) is 4.56. The average Bonchev–Trinajstić information content (AvgIpc) is 2.61. The summed E-state index contributed by atoms with van der Waals surface area (Å²) in [4.78, 5) is 0. The summed E-state index contributed by atoms with van der Waals surface area (Å²) in [7, 11) is 1.67. The number of nitrogens with one attached hydrogen (secondary N) is 1. The molecule has 1 heterocycles. The second kappa shape index (κ2) is 6.47. The molecular weight excluding hydrogens is 184 g/mol.